The lowest BCUT2D eigenvalue weighted by Gasteiger charge is -2.42. The Bertz CT molecular complexity index is 1350. The minimum atomic E-state index is -1.76. The zero-order chi connectivity index (χ0) is 52.4. The van der Waals surface area contributed by atoms with Crippen molar-refractivity contribution in [1.29, 1.82) is 0 Å². The molecule has 0 radical (unpaired) electrons. The second-order valence-electron chi connectivity index (χ2n) is 20.5. The molecule has 7 N–H and O–H groups in total. The van der Waals surface area contributed by atoms with Gasteiger partial charge in [-0.1, -0.05) is 179 Å². The summed E-state index contributed by atoms with van der Waals surface area (Å²) in [5.41, 5.74) is 0. The molecule has 422 valence electrons. The first kappa shape index (κ1) is 66.1. The fourth-order valence-corrected chi connectivity index (χ4v) is 9.15. The zero-order valence-electron chi connectivity index (χ0n) is 44.9. The molecule has 0 aromatic carbocycles. The average molecular weight is 1030 g/mol. The quantitative estimate of drug-likeness (QED) is 0.0171. The van der Waals surface area contributed by atoms with Crippen LogP contribution < -0.4 is 0 Å². The summed E-state index contributed by atoms with van der Waals surface area (Å²) in [5.74, 6) is -0.926. The van der Waals surface area contributed by atoms with E-state index >= 15 is 0 Å². The molecule has 0 aliphatic carbocycles. The maximum Gasteiger partial charge on any atom is 0.306 e. The van der Waals surface area contributed by atoms with Crippen molar-refractivity contribution >= 4 is 11.9 Å². The fraction of sp³-hybridized carbons (Fsp3) is 0.895. The highest BCUT2D eigenvalue weighted by Gasteiger charge is 2.47. The Morgan fingerprint density at radius 3 is 1.22 bits per heavy atom. The van der Waals surface area contributed by atoms with Gasteiger partial charge < -0.3 is 64.2 Å². The van der Waals surface area contributed by atoms with Crippen molar-refractivity contribution in [2.45, 2.75) is 300 Å². The van der Waals surface area contributed by atoms with Crippen LogP contribution in [0, 0.1) is 0 Å². The molecule has 2 saturated heterocycles. The number of esters is 2. The number of unbranched alkanes of at least 4 members (excludes halogenated alkanes) is 28. The first-order valence-electron chi connectivity index (χ1n) is 28.9. The summed E-state index contributed by atoms with van der Waals surface area (Å²) in [4.78, 5) is 25.9. The molecule has 15 nitrogen and oxygen atoms in total. The van der Waals surface area contributed by atoms with E-state index in [9.17, 15) is 45.3 Å². The maximum atomic E-state index is 13.0. The molecule has 4 unspecified atom stereocenters. The monoisotopic (exact) mass is 1030 g/mol. The van der Waals surface area contributed by atoms with Crippen LogP contribution in [0.5, 0.6) is 0 Å². The lowest BCUT2D eigenvalue weighted by Crippen LogP contribution is -2.61. The van der Waals surface area contributed by atoms with E-state index in [0.717, 1.165) is 57.8 Å². The van der Waals surface area contributed by atoms with E-state index in [-0.39, 0.29) is 26.1 Å². The topological polar surface area (TPSA) is 231 Å². The number of hydrogen-bond acceptors (Lipinski definition) is 15. The van der Waals surface area contributed by atoms with Crippen molar-refractivity contribution in [2.24, 2.45) is 0 Å². The lowest BCUT2D eigenvalue weighted by molar-refractivity contribution is -0.332. The molecular weight excluding hydrogens is 925 g/mol. The van der Waals surface area contributed by atoms with Crippen LogP contribution in [0.3, 0.4) is 0 Å². The molecule has 2 aliphatic rings. The van der Waals surface area contributed by atoms with E-state index in [1.54, 1.807) is 0 Å². The Morgan fingerprint density at radius 1 is 0.431 bits per heavy atom. The van der Waals surface area contributed by atoms with Crippen molar-refractivity contribution in [1.82, 2.24) is 0 Å². The fourth-order valence-electron chi connectivity index (χ4n) is 9.15. The number of ether oxygens (including phenoxy) is 6. The normalized spacial score (nSPS) is 25.1. The van der Waals surface area contributed by atoms with Gasteiger partial charge in [-0.3, -0.25) is 9.59 Å². The van der Waals surface area contributed by atoms with Crippen LogP contribution >= 0.6 is 0 Å². The summed E-state index contributed by atoms with van der Waals surface area (Å²) in [7, 11) is 0. The molecule has 72 heavy (non-hydrogen) atoms. The lowest BCUT2D eigenvalue weighted by atomic mass is 9.98. The number of aliphatic hydroxyl groups is 7. The second kappa shape index (κ2) is 44.1. The van der Waals surface area contributed by atoms with Crippen molar-refractivity contribution in [3.05, 3.63) is 24.3 Å². The van der Waals surface area contributed by atoms with Gasteiger partial charge in [0, 0.05) is 12.8 Å². The van der Waals surface area contributed by atoms with Crippen LogP contribution in [0.1, 0.15) is 232 Å². The Kier molecular flexibility index (Phi) is 40.5. The number of rotatable bonds is 46. The Morgan fingerprint density at radius 2 is 0.792 bits per heavy atom. The van der Waals surface area contributed by atoms with Crippen molar-refractivity contribution in [3.8, 4) is 0 Å². The van der Waals surface area contributed by atoms with Gasteiger partial charge in [0.05, 0.1) is 19.8 Å². The molecule has 0 saturated carbocycles. The number of hydrogen-bond donors (Lipinski definition) is 7. The van der Waals surface area contributed by atoms with Gasteiger partial charge >= 0.3 is 11.9 Å². The second-order valence-corrected chi connectivity index (χ2v) is 20.5. The summed E-state index contributed by atoms with van der Waals surface area (Å²) < 4.78 is 33.7. The SMILES string of the molecule is CCCCCCCC/C=C/CCCCCCCCCCCCCC(=O)OC[C@@H](CO[C@@H]1O[C@H](CO[C@@H]2O[C@H](CO)[C@H](O)C(O)C2O)[C@H](O)C(O)C1O)OC(=O)CCCCCCC/C=C/CCCCCCCC. The molecule has 15 heteroatoms. The van der Waals surface area contributed by atoms with Gasteiger partial charge in [0.15, 0.2) is 18.7 Å². The van der Waals surface area contributed by atoms with Gasteiger partial charge in [0.1, 0.15) is 55.4 Å². The van der Waals surface area contributed by atoms with E-state index in [0.29, 0.717) is 12.8 Å². The largest absolute Gasteiger partial charge is 0.462 e. The standard InChI is InChI=1S/C57H104O15/c1-3-5-7-9-11-13-15-17-19-20-21-22-23-24-26-27-29-31-33-35-37-39-48(59)67-42-45(70-49(60)40-38-36-34-32-30-28-25-18-16-14-12-10-8-6-4-2)43-68-56-55(66)53(64)51(62)47(72-56)44-69-57-54(65)52(63)50(61)46(41-58)71-57/h17-19,25,45-47,50-58,61-66H,3-16,20-24,26-44H2,1-2H3/b19-17+,25-18+/t45-,46+,47+,50-,51-,52?,53?,54?,55?,56+,57+/m0/s1. The molecule has 2 aliphatic heterocycles. The Hall–Kier alpha value is -2.02. The maximum absolute atomic E-state index is 13.0. The molecule has 0 amide bonds. The van der Waals surface area contributed by atoms with Gasteiger partial charge in [-0.15, -0.1) is 0 Å². The molecule has 0 spiro atoms. The summed E-state index contributed by atoms with van der Waals surface area (Å²) in [6.45, 7) is 2.61. The predicted octanol–water partition coefficient (Wildman–Crippen LogP) is 9.50. The van der Waals surface area contributed by atoms with Crippen LogP contribution in [-0.2, 0) is 38.0 Å². The molecule has 2 heterocycles. The van der Waals surface area contributed by atoms with Crippen LogP contribution in [0.15, 0.2) is 24.3 Å². The number of carbonyl (C=O) groups excluding carboxylic acids is 2. The highest BCUT2D eigenvalue weighted by molar-refractivity contribution is 5.70. The molecular formula is C57H104O15. The average Bonchev–Trinajstić information content (AvgIpc) is 3.37. The molecule has 0 aromatic heterocycles. The molecule has 0 aromatic rings. The van der Waals surface area contributed by atoms with Crippen LogP contribution in [0.4, 0.5) is 0 Å². The van der Waals surface area contributed by atoms with E-state index in [2.05, 4.69) is 38.2 Å². The first-order valence-corrected chi connectivity index (χ1v) is 28.9. The molecule has 0 bridgehead atoms. The Labute approximate surface area is 434 Å². The summed E-state index contributed by atoms with van der Waals surface area (Å²) in [6.07, 6.45) is 30.6. The first-order chi connectivity index (χ1) is 35.0. The third-order valence-corrected chi connectivity index (χ3v) is 13.9. The van der Waals surface area contributed by atoms with E-state index < -0.39 is 92.7 Å². The number of aliphatic hydroxyl groups excluding tert-OH is 7. The third-order valence-electron chi connectivity index (χ3n) is 13.9. The van der Waals surface area contributed by atoms with Crippen molar-refractivity contribution in [3.63, 3.8) is 0 Å². The summed E-state index contributed by atoms with van der Waals surface area (Å²) in [5, 5.41) is 72.2. The van der Waals surface area contributed by atoms with Gasteiger partial charge in [0.25, 0.3) is 0 Å². The highest BCUT2D eigenvalue weighted by atomic mass is 16.7. The van der Waals surface area contributed by atoms with Gasteiger partial charge in [-0.05, 0) is 64.2 Å². The zero-order valence-corrected chi connectivity index (χ0v) is 44.9. The van der Waals surface area contributed by atoms with Crippen LogP contribution in [0.25, 0.3) is 0 Å². The van der Waals surface area contributed by atoms with Gasteiger partial charge in [-0.25, -0.2) is 0 Å². The van der Waals surface area contributed by atoms with E-state index in [1.165, 1.54) is 135 Å². The minimum absolute atomic E-state index is 0.157. The van der Waals surface area contributed by atoms with Crippen molar-refractivity contribution < 1.29 is 73.8 Å². The van der Waals surface area contributed by atoms with Crippen LogP contribution in [-0.4, -0.2) is 142 Å². The predicted molar refractivity (Wildman–Crippen MR) is 280 cm³/mol. The van der Waals surface area contributed by atoms with Gasteiger partial charge in [-0.2, -0.15) is 0 Å². The molecule has 11 atom stereocenters. The van der Waals surface area contributed by atoms with E-state index in [1.807, 2.05) is 0 Å². The van der Waals surface area contributed by atoms with E-state index in [4.69, 9.17) is 28.4 Å². The molecule has 2 fully saturated rings. The number of allylic oxidation sites excluding steroid dienone is 4. The minimum Gasteiger partial charge on any atom is -0.462 e. The molecule has 2 rings (SSSR count). The smallest absolute Gasteiger partial charge is 0.306 e. The highest BCUT2D eigenvalue weighted by Crippen LogP contribution is 2.27. The summed E-state index contributed by atoms with van der Waals surface area (Å²) in [6, 6.07) is 0. The third kappa shape index (κ3) is 31.1. The summed E-state index contributed by atoms with van der Waals surface area (Å²) >= 11 is 0. The Balaban J connectivity index is 1.74. The van der Waals surface area contributed by atoms with Crippen LogP contribution in [0.2, 0.25) is 0 Å². The number of carbonyl (C=O) groups is 2. The van der Waals surface area contributed by atoms with Crippen molar-refractivity contribution in [2.75, 3.05) is 26.4 Å². The van der Waals surface area contributed by atoms with Gasteiger partial charge in [0.2, 0.25) is 0 Å².